The predicted molar refractivity (Wildman–Crippen MR) is 60.9 cm³/mol. The largest absolute Gasteiger partial charge is 0.494 e. The molecule has 0 spiro atoms. The molecule has 0 unspecified atom stereocenters. The van der Waals surface area contributed by atoms with E-state index in [1.165, 1.54) is 0 Å². The van der Waals surface area contributed by atoms with Crippen LogP contribution >= 0.6 is 12.2 Å². The quantitative estimate of drug-likeness (QED) is 0.712. The standard InChI is InChI=1S/C11H14O2S/c1-3-12-10-7-5-9(6-8-10)11(14)13-4-2/h5-8H,3-4H2,1-2H3. The molecule has 2 nitrogen and oxygen atoms in total. The van der Waals surface area contributed by atoms with Crippen molar-refractivity contribution in [1.29, 1.82) is 0 Å². The molecule has 0 N–H and O–H groups in total. The minimum Gasteiger partial charge on any atom is -0.494 e. The van der Waals surface area contributed by atoms with Crippen molar-refractivity contribution in [1.82, 2.24) is 0 Å². The van der Waals surface area contributed by atoms with E-state index >= 15 is 0 Å². The lowest BCUT2D eigenvalue weighted by Crippen LogP contribution is -2.02. The SMILES string of the molecule is CCOC(=S)c1ccc(OCC)cc1. The molecular formula is C11H14O2S. The summed E-state index contributed by atoms with van der Waals surface area (Å²) in [4.78, 5) is 0. The van der Waals surface area contributed by atoms with Gasteiger partial charge in [-0.05, 0) is 50.3 Å². The molecule has 0 saturated carbocycles. The van der Waals surface area contributed by atoms with Crippen LogP contribution in [0.15, 0.2) is 24.3 Å². The molecule has 0 bridgehead atoms. The van der Waals surface area contributed by atoms with Crippen LogP contribution in [0.2, 0.25) is 0 Å². The molecule has 0 aliphatic carbocycles. The molecule has 1 aromatic carbocycles. The van der Waals surface area contributed by atoms with Gasteiger partial charge in [-0.3, -0.25) is 0 Å². The lowest BCUT2D eigenvalue weighted by Gasteiger charge is -2.06. The van der Waals surface area contributed by atoms with Gasteiger partial charge in [0.15, 0.2) is 5.05 Å². The summed E-state index contributed by atoms with van der Waals surface area (Å²) in [6.45, 7) is 5.15. The Balaban J connectivity index is 2.67. The Bertz CT molecular complexity index is 293. The van der Waals surface area contributed by atoms with Crippen LogP contribution < -0.4 is 4.74 Å². The summed E-state index contributed by atoms with van der Waals surface area (Å²) in [6.07, 6.45) is 0. The molecule has 14 heavy (non-hydrogen) atoms. The first-order chi connectivity index (χ1) is 6.77. The van der Waals surface area contributed by atoms with E-state index in [0.717, 1.165) is 11.3 Å². The van der Waals surface area contributed by atoms with E-state index in [9.17, 15) is 0 Å². The Morgan fingerprint density at radius 2 is 1.79 bits per heavy atom. The van der Waals surface area contributed by atoms with E-state index in [1.54, 1.807) is 0 Å². The van der Waals surface area contributed by atoms with Crippen LogP contribution in [0.3, 0.4) is 0 Å². The van der Waals surface area contributed by atoms with Gasteiger partial charge >= 0.3 is 0 Å². The molecular weight excluding hydrogens is 196 g/mol. The minimum absolute atomic E-state index is 0.538. The maximum Gasteiger partial charge on any atom is 0.191 e. The average molecular weight is 210 g/mol. The molecule has 0 aliphatic rings. The van der Waals surface area contributed by atoms with Crippen LogP contribution in [0.5, 0.6) is 5.75 Å². The van der Waals surface area contributed by atoms with Gasteiger partial charge in [0.1, 0.15) is 5.75 Å². The highest BCUT2D eigenvalue weighted by Crippen LogP contribution is 2.13. The fourth-order valence-electron chi connectivity index (χ4n) is 1.07. The third-order valence-corrected chi connectivity index (χ3v) is 2.03. The van der Waals surface area contributed by atoms with Gasteiger partial charge in [0.2, 0.25) is 0 Å². The van der Waals surface area contributed by atoms with Crippen LogP contribution in [-0.4, -0.2) is 18.3 Å². The van der Waals surface area contributed by atoms with Crippen LogP contribution in [0.1, 0.15) is 19.4 Å². The number of hydrogen-bond acceptors (Lipinski definition) is 3. The van der Waals surface area contributed by atoms with Gasteiger partial charge in [-0.2, -0.15) is 0 Å². The summed E-state index contributed by atoms with van der Waals surface area (Å²) in [5.74, 6) is 0.857. The Morgan fingerprint density at radius 1 is 1.14 bits per heavy atom. The molecule has 0 aliphatic heterocycles. The first-order valence-electron chi connectivity index (χ1n) is 4.68. The van der Waals surface area contributed by atoms with Gasteiger partial charge in [-0.1, -0.05) is 0 Å². The van der Waals surface area contributed by atoms with Crippen molar-refractivity contribution in [2.45, 2.75) is 13.8 Å². The van der Waals surface area contributed by atoms with Gasteiger partial charge in [0, 0.05) is 5.56 Å². The fraction of sp³-hybridized carbons (Fsp3) is 0.364. The van der Waals surface area contributed by atoms with Crippen molar-refractivity contribution in [2.24, 2.45) is 0 Å². The van der Waals surface area contributed by atoms with Gasteiger partial charge in [-0.15, -0.1) is 0 Å². The van der Waals surface area contributed by atoms with Gasteiger partial charge in [-0.25, -0.2) is 0 Å². The minimum atomic E-state index is 0.538. The van der Waals surface area contributed by atoms with Crippen LogP contribution in [0, 0.1) is 0 Å². The average Bonchev–Trinajstić information content (AvgIpc) is 2.20. The highest BCUT2D eigenvalue weighted by molar-refractivity contribution is 7.80. The zero-order chi connectivity index (χ0) is 10.4. The molecule has 0 saturated heterocycles. The first-order valence-corrected chi connectivity index (χ1v) is 5.08. The fourth-order valence-corrected chi connectivity index (χ4v) is 1.32. The predicted octanol–water partition coefficient (Wildman–Crippen LogP) is 2.80. The van der Waals surface area contributed by atoms with Crippen LogP contribution in [0.4, 0.5) is 0 Å². The highest BCUT2D eigenvalue weighted by Gasteiger charge is 2.00. The lowest BCUT2D eigenvalue weighted by molar-refractivity contribution is 0.336. The number of thiocarbonyl (C=S) groups is 1. The Kier molecular flexibility index (Phi) is 4.40. The number of hydrogen-bond donors (Lipinski definition) is 0. The molecule has 0 fully saturated rings. The van der Waals surface area contributed by atoms with E-state index in [0.29, 0.717) is 18.3 Å². The summed E-state index contributed by atoms with van der Waals surface area (Å²) in [5.41, 5.74) is 0.922. The molecule has 0 atom stereocenters. The van der Waals surface area contributed by atoms with E-state index in [4.69, 9.17) is 21.7 Å². The second-order valence-electron chi connectivity index (χ2n) is 2.68. The van der Waals surface area contributed by atoms with E-state index in [2.05, 4.69) is 0 Å². The third-order valence-electron chi connectivity index (χ3n) is 1.68. The van der Waals surface area contributed by atoms with E-state index in [-0.39, 0.29) is 0 Å². The van der Waals surface area contributed by atoms with Gasteiger partial charge in [0.05, 0.1) is 13.2 Å². The number of rotatable bonds is 4. The molecule has 0 aromatic heterocycles. The van der Waals surface area contributed by atoms with Crippen molar-refractivity contribution < 1.29 is 9.47 Å². The first kappa shape index (κ1) is 11.0. The second kappa shape index (κ2) is 5.60. The summed E-state index contributed by atoms with van der Waals surface area (Å²) in [5, 5.41) is 0.538. The van der Waals surface area contributed by atoms with Gasteiger partial charge in [0.25, 0.3) is 0 Å². The van der Waals surface area contributed by atoms with Crippen molar-refractivity contribution in [2.75, 3.05) is 13.2 Å². The monoisotopic (exact) mass is 210 g/mol. The summed E-state index contributed by atoms with van der Waals surface area (Å²) < 4.78 is 10.5. The van der Waals surface area contributed by atoms with Crippen molar-refractivity contribution in [3.8, 4) is 5.75 Å². The smallest absolute Gasteiger partial charge is 0.191 e. The molecule has 1 aromatic rings. The summed E-state index contributed by atoms with van der Waals surface area (Å²) >= 11 is 5.06. The van der Waals surface area contributed by atoms with E-state index in [1.807, 2.05) is 38.1 Å². The van der Waals surface area contributed by atoms with Crippen LogP contribution in [-0.2, 0) is 4.74 Å². The molecule has 1 rings (SSSR count). The Hall–Kier alpha value is -1.09. The molecule has 76 valence electrons. The summed E-state index contributed by atoms with van der Waals surface area (Å²) in [7, 11) is 0. The van der Waals surface area contributed by atoms with Crippen LogP contribution in [0.25, 0.3) is 0 Å². The highest BCUT2D eigenvalue weighted by atomic mass is 32.1. The molecule has 0 radical (unpaired) electrons. The van der Waals surface area contributed by atoms with Crippen molar-refractivity contribution in [3.05, 3.63) is 29.8 Å². The molecule has 0 heterocycles. The molecule has 3 heteroatoms. The maximum atomic E-state index is 5.32. The van der Waals surface area contributed by atoms with Crippen molar-refractivity contribution in [3.63, 3.8) is 0 Å². The Morgan fingerprint density at radius 3 is 2.29 bits per heavy atom. The second-order valence-corrected chi connectivity index (χ2v) is 3.05. The zero-order valence-electron chi connectivity index (χ0n) is 8.45. The molecule has 0 amide bonds. The number of ether oxygens (including phenoxy) is 2. The van der Waals surface area contributed by atoms with Crippen molar-refractivity contribution >= 4 is 17.3 Å². The Labute approximate surface area is 89.8 Å². The van der Waals surface area contributed by atoms with E-state index < -0.39 is 0 Å². The lowest BCUT2D eigenvalue weighted by atomic mass is 10.2. The summed E-state index contributed by atoms with van der Waals surface area (Å²) in [6, 6.07) is 7.60. The topological polar surface area (TPSA) is 18.5 Å². The number of benzene rings is 1. The van der Waals surface area contributed by atoms with Gasteiger partial charge < -0.3 is 9.47 Å². The normalized spacial score (nSPS) is 9.57. The maximum absolute atomic E-state index is 5.32. The third kappa shape index (κ3) is 3.00. The zero-order valence-corrected chi connectivity index (χ0v) is 9.26.